The third-order valence-electron chi connectivity index (χ3n) is 3.36. The predicted molar refractivity (Wildman–Crippen MR) is 78.4 cm³/mol. The summed E-state index contributed by atoms with van der Waals surface area (Å²) in [4.78, 5) is 16.3. The van der Waals surface area contributed by atoms with Gasteiger partial charge in [-0.15, -0.1) is 0 Å². The van der Waals surface area contributed by atoms with E-state index in [1.54, 1.807) is 25.4 Å². The van der Waals surface area contributed by atoms with Gasteiger partial charge in [-0.3, -0.25) is 4.98 Å². The van der Waals surface area contributed by atoms with Crippen molar-refractivity contribution in [3.63, 3.8) is 0 Å². The number of nitrogens with zero attached hydrogens (tertiary/aromatic N) is 1. The molecule has 0 spiro atoms. The van der Waals surface area contributed by atoms with Gasteiger partial charge in [0, 0.05) is 23.6 Å². The number of ether oxygens (including phenoxy) is 1. The molecule has 104 valence electrons. The van der Waals surface area contributed by atoms with E-state index in [1.807, 2.05) is 37.3 Å². The molecule has 1 atom stereocenters. The standard InChI is InChI=1S/C16H18N2O2/c1-12-7-4-5-9-14(12)18-16(2,15(19)20-3)13-8-6-10-17-11-13/h4-11,18H,1-3H3. The number of rotatable bonds is 4. The Kier molecular flexibility index (Phi) is 4.03. The quantitative estimate of drug-likeness (QED) is 0.868. The number of carbonyl (C=O) groups is 1. The number of esters is 1. The van der Waals surface area contributed by atoms with Crippen LogP contribution in [0.4, 0.5) is 5.69 Å². The molecule has 1 aromatic heterocycles. The van der Waals surface area contributed by atoms with E-state index in [1.165, 1.54) is 7.11 Å². The topological polar surface area (TPSA) is 51.2 Å². The van der Waals surface area contributed by atoms with Crippen molar-refractivity contribution in [1.82, 2.24) is 4.98 Å². The van der Waals surface area contributed by atoms with Gasteiger partial charge >= 0.3 is 5.97 Å². The molecule has 0 fully saturated rings. The smallest absolute Gasteiger partial charge is 0.335 e. The number of nitrogens with one attached hydrogen (secondary N) is 1. The number of carbonyl (C=O) groups excluding carboxylic acids is 1. The Morgan fingerprint density at radius 2 is 2.00 bits per heavy atom. The molecule has 0 radical (unpaired) electrons. The second kappa shape index (κ2) is 5.74. The van der Waals surface area contributed by atoms with Crippen molar-refractivity contribution in [2.75, 3.05) is 12.4 Å². The molecule has 0 aliphatic rings. The monoisotopic (exact) mass is 270 g/mol. The first kappa shape index (κ1) is 14.1. The largest absolute Gasteiger partial charge is 0.467 e. The van der Waals surface area contributed by atoms with Crippen molar-refractivity contribution < 1.29 is 9.53 Å². The lowest BCUT2D eigenvalue weighted by Gasteiger charge is -2.30. The number of aromatic nitrogens is 1. The van der Waals surface area contributed by atoms with Gasteiger partial charge in [-0.2, -0.15) is 0 Å². The lowest BCUT2D eigenvalue weighted by molar-refractivity contribution is -0.145. The van der Waals surface area contributed by atoms with Crippen molar-refractivity contribution in [3.05, 3.63) is 59.9 Å². The maximum atomic E-state index is 12.2. The van der Waals surface area contributed by atoms with Crippen molar-refractivity contribution in [2.45, 2.75) is 19.4 Å². The maximum absolute atomic E-state index is 12.2. The van der Waals surface area contributed by atoms with E-state index in [4.69, 9.17) is 4.74 Å². The Morgan fingerprint density at radius 3 is 2.60 bits per heavy atom. The van der Waals surface area contributed by atoms with E-state index in [0.717, 1.165) is 16.8 Å². The fraction of sp³-hybridized carbons (Fsp3) is 0.250. The molecular weight excluding hydrogens is 252 g/mol. The summed E-state index contributed by atoms with van der Waals surface area (Å²) in [5, 5.41) is 3.28. The molecule has 4 heteroatoms. The summed E-state index contributed by atoms with van der Waals surface area (Å²) in [7, 11) is 1.39. The molecule has 20 heavy (non-hydrogen) atoms. The molecule has 1 aromatic carbocycles. The fourth-order valence-corrected chi connectivity index (χ4v) is 2.09. The van der Waals surface area contributed by atoms with Crippen LogP contribution >= 0.6 is 0 Å². The number of hydrogen-bond acceptors (Lipinski definition) is 4. The van der Waals surface area contributed by atoms with Crippen LogP contribution < -0.4 is 5.32 Å². The average molecular weight is 270 g/mol. The molecule has 1 heterocycles. The molecule has 0 saturated carbocycles. The highest BCUT2D eigenvalue weighted by Gasteiger charge is 2.37. The number of para-hydroxylation sites is 1. The Hall–Kier alpha value is -2.36. The van der Waals surface area contributed by atoms with Crippen LogP contribution in [0.3, 0.4) is 0 Å². The number of benzene rings is 1. The summed E-state index contributed by atoms with van der Waals surface area (Å²) in [5.74, 6) is -0.353. The molecule has 0 amide bonds. The first-order valence-electron chi connectivity index (χ1n) is 6.40. The first-order chi connectivity index (χ1) is 9.58. The SMILES string of the molecule is COC(=O)C(C)(Nc1ccccc1C)c1cccnc1. The van der Waals surface area contributed by atoms with Crippen molar-refractivity contribution in [1.29, 1.82) is 0 Å². The van der Waals surface area contributed by atoms with Crippen LogP contribution in [-0.2, 0) is 15.1 Å². The summed E-state index contributed by atoms with van der Waals surface area (Å²) >= 11 is 0. The van der Waals surface area contributed by atoms with Gasteiger partial charge in [0.2, 0.25) is 0 Å². The molecule has 2 aromatic rings. The normalized spacial score (nSPS) is 13.3. The third kappa shape index (κ3) is 2.64. The minimum absolute atomic E-state index is 0.353. The molecule has 0 aliphatic carbocycles. The zero-order chi connectivity index (χ0) is 14.6. The van der Waals surface area contributed by atoms with Crippen LogP contribution in [0.15, 0.2) is 48.8 Å². The van der Waals surface area contributed by atoms with Crippen molar-refractivity contribution in [2.24, 2.45) is 0 Å². The van der Waals surface area contributed by atoms with E-state index in [9.17, 15) is 4.79 Å². The Bertz CT molecular complexity index is 598. The van der Waals surface area contributed by atoms with E-state index in [2.05, 4.69) is 10.3 Å². The Labute approximate surface area is 118 Å². The zero-order valence-corrected chi connectivity index (χ0v) is 11.9. The van der Waals surface area contributed by atoms with Crippen LogP contribution in [0, 0.1) is 6.92 Å². The second-order valence-electron chi connectivity index (χ2n) is 4.80. The maximum Gasteiger partial charge on any atom is 0.335 e. The van der Waals surface area contributed by atoms with Crippen LogP contribution in [-0.4, -0.2) is 18.1 Å². The van der Waals surface area contributed by atoms with Gasteiger partial charge in [0.25, 0.3) is 0 Å². The van der Waals surface area contributed by atoms with E-state index in [0.29, 0.717) is 0 Å². The van der Waals surface area contributed by atoms with Gasteiger partial charge in [0.1, 0.15) is 0 Å². The molecule has 0 aliphatic heterocycles. The minimum Gasteiger partial charge on any atom is -0.467 e. The van der Waals surface area contributed by atoms with E-state index < -0.39 is 5.54 Å². The predicted octanol–water partition coefficient (Wildman–Crippen LogP) is 2.89. The van der Waals surface area contributed by atoms with Gasteiger partial charge in [-0.05, 0) is 31.5 Å². The Balaban J connectivity index is 2.44. The van der Waals surface area contributed by atoms with Crippen LogP contribution in [0.5, 0.6) is 0 Å². The summed E-state index contributed by atoms with van der Waals surface area (Å²) in [5.41, 5.74) is 1.74. The summed E-state index contributed by atoms with van der Waals surface area (Å²) in [6, 6.07) is 11.5. The number of aryl methyl sites for hydroxylation is 1. The molecular formula is C16H18N2O2. The number of anilines is 1. The lowest BCUT2D eigenvalue weighted by Crippen LogP contribution is -2.41. The van der Waals surface area contributed by atoms with Gasteiger partial charge in [0.05, 0.1) is 7.11 Å². The second-order valence-corrected chi connectivity index (χ2v) is 4.80. The van der Waals surface area contributed by atoms with Gasteiger partial charge in [-0.25, -0.2) is 4.79 Å². The van der Waals surface area contributed by atoms with Crippen LogP contribution in [0.25, 0.3) is 0 Å². The van der Waals surface area contributed by atoms with Gasteiger partial charge < -0.3 is 10.1 Å². The molecule has 1 N–H and O–H groups in total. The van der Waals surface area contributed by atoms with E-state index >= 15 is 0 Å². The molecule has 0 saturated heterocycles. The lowest BCUT2D eigenvalue weighted by atomic mass is 9.92. The minimum atomic E-state index is -0.977. The molecule has 0 bridgehead atoms. The molecule has 1 unspecified atom stereocenters. The van der Waals surface area contributed by atoms with Crippen molar-refractivity contribution in [3.8, 4) is 0 Å². The van der Waals surface area contributed by atoms with Crippen molar-refractivity contribution >= 4 is 11.7 Å². The van der Waals surface area contributed by atoms with E-state index in [-0.39, 0.29) is 5.97 Å². The van der Waals surface area contributed by atoms with Crippen LogP contribution in [0.2, 0.25) is 0 Å². The number of pyridine rings is 1. The first-order valence-corrected chi connectivity index (χ1v) is 6.40. The Morgan fingerprint density at radius 1 is 1.25 bits per heavy atom. The summed E-state index contributed by atoms with van der Waals surface area (Å²) in [6.07, 6.45) is 3.34. The van der Waals surface area contributed by atoms with Crippen LogP contribution in [0.1, 0.15) is 18.1 Å². The number of hydrogen-bond donors (Lipinski definition) is 1. The highest BCUT2D eigenvalue weighted by atomic mass is 16.5. The summed E-state index contributed by atoms with van der Waals surface area (Å²) < 4.78 is 4.95. The molecule has 4 nitrogen and oxygen atoms in total. The number of methoxy groups -OCH3 is 1. The van der Waals surface area contributed by atoms with Gasteiger partial charge in [-0.1, -0.05) is 24.3 Å². The summed E-state index contributed by atoms with van der Waals surface area (Å²) in [6.45, 7) is 3.78. The zero-order valence-electron chi connectivity index (χ0n) is 11.9. The average Bonchev–Trinajstić information content (AvgIpc) is 2.49. The fourth-order valence-electron chi connectivity index (χ4n) is 2.09. The third-order valence-corrected chi connectivity index (χ3v) is 3.36. The molecule has 2 rings (SSSR count). The highest BCUT2D eigenvalue weighted by molar-refractivity contribution is 5.85. The van der Waals surface area contributed by atoms with Gasteiger partial charge in [0.15, 0.2) is 5.54 Å². The highest BCUT2D eigenvalue weighted by Crippen LogP contribution is 2.28.